The molecule has 0 spiro atoms. The molecular formula is C12H11ClFNO3S. The Morgan fingerprint density at radius 2 is 2.05 bits per heavy atom. The average Bonchev–Trinajstić information content (AvgIpc) is 2.38. The number of halogens is 2. The van der Waals surface area contributed by atoms with E-state index in [4.69, 9.17) is 10.7 Å². The minimum absolute atomic E-state index is 0.153. The molecule has 102 valence electrons. The van der Waals surface area contributed by atoms with Crippen molar-refractivity contribution in [2.75, 3.05) is 13.1 Å². The molecule has 19 heavy (non-hydrogen) atoms. The highest BCUT2D eigenvalue weighted by Gasteiger charge is 2.21. The maximum absolute atomic E-state index is 13.8. The van der Waals surface area contributed by atoms with Gasteiger partial charge in [0.1, 0.15) is 5.82 Å². The first-order chi connectivity index (χ1) is 8.89. The maximum Gasteiger partial charge on any atom is 0.261 e. The van der Waals surface area contributed by atoms with E-state index in [-0.39, 0.29) is 10.5 Å². The van der Waals surface area contributed by atoms with Crippen molar-refractivity contribution in [3.8, 4) is 0 Å². The van der Waals surface area contributed by atoms with Crippen molar-refractivity contribution in [1.82, 2.24) is 4.90 Å². The monoisotopic (exact) mass is 303 g/mol. The van der Waals surface area contributed by atoms with Crippen LogP contribution in [0.15, 0.2) is 35.2 Å². The molecule has 0 unspecified atom stereocenters. The highest BCUT2D eigenvalue weighted by molar-refractivity contribution is 8.13. The zero-order valence-corrected chi connectivity index (χ0v) is 11.4. The van der Waals surface area contributed by atoms with E-state index in [9.17, 15) is 17.6 Å². The molecular weight excluding hydrogens is 293 g/mol. The van der Waals surface area contributed by atoms with E-state index < -0.39 is 20.8 Å². The predicted molar refractivity (Wildman–Crippen MR) is 69.1 cm³/mol. The summed E-state index contributed by atoms with van der Waals surface area (Å²) in [6.45, 7) is 0.943. The van der Waals surface area contributed by atoms with Gasteiger partial charge in [0.05, 0.1) is 10.5 Å². The fourth-order valence-corrected chi connectivity index (χ4v) is 2.58. The Bertz CT molecular complexity index is 642. The lowest BCUT2D eigenvalue weighted by molar-refractivity contribution is 0.0766. The van der Waals surface area contributed by atoms with E-state index in [2.05, 4.69) is 0 Å². The number of nitrogens with zero attached hydrogens (tertiary/aromatic N) is 1. The second-order valence-corrected chi connectivity index (χ2v) is 6.66. The van der Waals surface area contributed by atoms with Crippen LogP contribution in [0, 0.1) is 5.82 Å². The summed E-state index contributed by atoms with van der Waals surface area (Å²) >= 11 is 0. The SMILES string of the molecule is O=C(c1ccc(S(=O)(=O)Cl)cc1F)N1CC=CCC1. The van der Waals surface area contributed by atoms with E-state index in [0.717, 1.165) is 24.6 Å². The fourth-order valence-electron chi connectivity index (χ4n) is 1.82. The Morgan fingerprint density at radius 1 is 1.32 bits per heavy atom. The van der Waals surface area contributed by atoms with Crippen molar-refractivity contribution < 1.29 is 17.6 Å². The highest BCUT2D eigenvalue weighted by atomic mass is 35.7. The lowest BCUT2D eigenvalue weighted by Crippen LogP contribution is -2.34. The summed E-state index contributed by atoms with van der Waals surface area (Å²) in [7, 11) is 1.12. The van der Waals surface area contributed by atoms with Gasteiger partial charge in [-0.25, -0.2) is 12.8 Å². The number of benzene rings is 1. The molecule has 0 bridgehead atoms. The van der Waals surface area contributed by atoms with Gasteiger partial charge in [0.15, 0.2) is 0 Å². The summed E-state index contributed by atoms with van der Waals surface area (Å²) in [5, 5.41) is 0. The van der Waals surface area contributed by atoms with Gasteiger partial charge < -0.3 is 4.90 Å². The Balaban J connectivity index is 2.31. The molecule has 0 N–H and O–H groups in total. The van der Waals surface area contributed by atoms with Gasteiger partial charge in [0.2, 0.25) is 0 Å². The molecule has 0 saturated carbocycles. The summed E-state index contributed by atoms with van der Waals surface area (Å²) < 4.78 is 35.9. The third-order valence-corrected chi connectivity index (χ3v) is 4.15. The number of amides is 1. The smallest absolute Gasteiger partial charge is 0.261 e. The summed E-state index contributed by atoms with van der Waals surface area (Å²) in [5.74, 6) is -1.35. The van der Waals surface area contributed by atoms with E-state index in [0.29, 0.717) is 13.1 Å². The molecule has 0 radical (unpaired) electrons. The van der Waals surface area contributed by atoms with Gasteiger partial charge >= 0.3 is 0 Å². The van der Waals surface area contributed by atoms with Crippen molar-refractivity contribution in [2.24, 2.45) is 0 Å². The minimum atomic E-state index is -4.00. The molecule has 1 aromatic carbocycles. The normalized spacial score (nSPS) is 15.6. The van der Waals surface area contributed by atoms with Gasteiger partial charge in [-0.2, -0.15) is 0 Å². The average molecular weight is 304 g/mol. The van der Waals surface area contributed by atoms with Crippen molar-refractivity contribution in [3.05, 3.63) is 41.7 Å². The highest BCUT2D eigenvalue weighted by Crippen LogP contribution is 2.20. The van der Waals surface area contributed by atoms with Crippen LogP contribution < -0.4 is 0 Å². The standard InChI is InChI=1S/C12H11ClFNO3S/c13-19(17,18)9-4-5-10(11(14)8-9)12(16)15-6-2-1-3-7-15/h1-2,4-5,8H,3,6-7H2. The van der Waals surface area contributed by atoms with Gasteiger partial charge in [0, 0.05) is 23.8 Å². The zero-order chi connectivity index (χ0) is 14.0. The third-order valence-electron chi connectivity index (χ3n) is 2.80. The van der Waals surface area contributed by atoms with Crippen LogP contribution in [0.25, 0.3) is 0 Å². The summed E-state index contributed by atoms with van der Waals surface area (Å²) in [6.07, 6.45) is 4.50. The van der Waals surface area contributed by atoms with Crippen molar-refractivity contribution >= 4 is 25.6 Å². The maximum atomic E-state index is 13.8. The first kappa shape index (κ1) is 14.0. The predicted octanol–water partition coefficient (Wildman–Crippen LogP) is 2.16. The molecule has 1 amide bonds. The van der Waals surface area contributed by atoms with E-state index >= 15 is 0 Å². The molecule has 1 aromatic rings. The topological polar surface area (TPSA) is 54.5 Å². The third kappa shape index (κ3) is 3.13. The van der Waals surface area contributed by atoms with Crippen molar-refractivity contribution in [3.63, 3.8) is 0 Å². The second kappa shape index (κ2) is 5.30. The van der Waals surface area contributed by atoms with E-state index in [1.165, 1.54) is 4.90 Å². The molecule has 7 heteroatoms. The van der Waals surface area contributed by atoms with Gasteiger partial charge in [-0.1, -0.05) is 12.2 Å². The lowest BCUT2D eigenvalue weighted by atomic mass is 10.1. The Labute approximate surface area is 114 Å². The molecule has 1 heterocycles. The Morgan fingerprint density at radius 3 is 2.58 bits per heavy atom. The number of carbonyl (C=O) groups excluding carboxylic acids is 1. The van der Waals surface area contributed by atoms with Crippen LogP contribution in [-0.4, -0.2) is 32.3 Å². The Kier molecular flexibility index (Phi) is 3.91. The van der Waals surface area contributed by atoms with E-state index in [1.807, 2.05) is 12.2 Å². The van der Waals surface area contributed by atoms with Crippen LogP contribution in [0.3, 0.4) is 0 Å². The number of hydrogen-bond acceptors (Lipinski definition) is 3. The quantitative estimate of drug-likeness (QED) is 0.621. The fraction of sp³-hybridized carbons (Fsp3) is 0.250. The molecule has 0 aliphatic carbocycles. The van der Waals surface area contributed by atoms with Gasteiger partial charge in [-0.05, 0) is 24.6 Å². The molecule has 0 fully saturated rings. The van der Waals surface area contributed by atoms with Gasteiger partial charge in [-0.15, -0.1) is 0 Å². The van der Waals surface area contributed by atoms with E-state index in [1.54, 1.807) is 0 Å². The second-order valence-electron chi connectivity index (χ2n) is 4.09. The molecule has 4 nitrogen and oxygen atoms in total. The lowest BCUT2D eigenvalue weighted by Gasteiger charge is -2.23. The Hall–Kier alpha value is -1.40. The van der Waals surface area contributed by atoms with Crippen molar-refractivity contribution in [2.45, 2.75) is 11.3 Å². The van der Waals surface area contributed by atoms with Crippen LogP contribution >= 0.6 is 10.7 Å². The summed E-state index contributed by atoms with van der Waals surface area (Å²) in [4.78, 5) is 13.2. The summed E-state index contributed by atoms with van der Waals surface area (Å²) in [6, 6.07) is 3.03. The molecule has 0 atom stereocenters. The zero-order valence-electron chi connectivity index (χ0n) is 9.84. The van der Waals surface area contributed by atoms with Crippen LogP contribution in [0.2, 0.25) is 0 Å². The molecule has 2 rings (SSSR count). The van der Waals surface area contributed by atoms with Crippen LogP contribution in [-0.2, 0) is 9.05 Å². The number of hydrogen-bond donors (Lipinski definition) is 0. The van der Waals surface area contributed by atoms with Crippen LogP contribution in [0.1, 0.15) is 16.8 Å². The first-order valence-corrected chi connectivity index (χ1v) is 7.89. The molecule has 1 aliphatic rings. The van der Waals surface area contributed by atoms with Crippen LogP contribution in [0.5, 0.6) is 0 Å². The summed E-state index contributed by atoms with van der Waals surface area (Å²) in [5.41, 5.74) is -0.153. The molecule has 0 aromatic heterocycles. The van der Waals surface area contributed by atoms with Crippen molar-refractivity contribution in [1.29, 1.82) is 0 Å². The number of carbonyl (C=O) groups is 1. The molecule has 1 aliphatic heterocycles. The van der Waals surface area contributed by atoms with Crippen LogP contribution in [0.4, 0.5) is 4.39 Å². The van der Waals surface area contributed by atoms with Gasteiger partial charge in [-0.3, -0.25) is 4.79 Å². The van der Waals surface area contributed by atoms with Gasteiger partial charge in [0.25, 0.3) is 15.0 Å². The number of rotatable bonds is 2. The minimum Gasteiger partial charge on any atom is -0.335 e. The molecule has 0 saturated heterocycles. The first-order valence-electron chi connectivity index (χ1n) is 5.58. The largest absolute Gasteiger partial charge is 0.335 e.